The number of aromatic nitrogens is 3. The van der Waals surface area contributed by atoms with Crippen LogP contribution in [0.4, 0.5) is 0 Å². The molecule has 0 unspecified atom stereocenters. The highest BCUT2D eigenvalue weighted by Gasteiger charge is 2.19. The molecule has 0 spiro atoms. The zero-order valence-electron chi connectivity index (χ0n) is 13.8. The highest BCUT2D eigenvalue weighted by atomic mass is 16.2. The highest BCUT2D eigenvalue weighted by molar-refractivity contribution is 5.92. The van der Waals surface area contributed by atoms with Gasteiger partial charge in [-0.15, -0.1) is 0 Å². The van der Waals surface area contributed by atoms with E-state index in [9.17, 15) is 4.79 Å². The number of pyridine rings is 1. The van der Waals surface area contributed by atoms with E-state index in [1.807, 2.05) is 37.1 Å². The monoisotopic (exact) mass is 300 g/mol. The van der Waals surface area contributed by atoms with Gasteiger partial charge in [0, 0.05) is 38.2 Å². The Labute approximate surface area is 132 Å². The van der Waals surface area contributed by atoms with Crippen LogP contribution in [0.15, 0.2) is 30.6 Å². The third-order valence-electron chi connectivity index (χ3n) is 3.82. The smallest absolute Gasteiger partial charge is 0.274 e. The number of hydrogen-bond acceptors (Lipinski definition) is 3. The Morgan fingerprint density at radius 2 is 2.00 bits per heavy atom. The molecular formula is C17H24N4O. The Balaban J connectivity index is 2.07. The van der Waals surface area contributed by atoms with Gasteiger partial charge in [-0.1, -0.05) is 13.8 Å². The van der Waals surface area contributed by atoms with Gasteiger partial charge in [0.15, 0.2) is 5.69 Å². The van der Waals surface area contributed by atoms with Crippen molar-refractivity contribution in [3.8, 4) is 0 Å². The van der Waals surface area contributed by atoms with Crippen LogP contribution in [0.25, 0.3) is 0 Å². The van der Waals surface area contributed by atoms with Crippen LogP contribution < -0.4 is 0 Å². The van der Waals surface area contributed by atoms with Crippen molar-refractivity contribution in [1.29, 1.82) is 0 Å². The second-order valence-electron chi connectivity index (χ2n) is 5.72. The molecule has 2 aromatic rings. The fraction of sp³-hybridized carbons (Fsp3) is 0.471. The van der Waals surface area contributed by atoms with Crippen molar-refractivity contribution in [3.05, 3.63) is 47.5 Å². The minimum Gasteiger partial charge on any atom is -0.337 e. The lowest BCUT2D eigenvalue weighted by atomic mass is 10.1. The van der Waals surface area contributed by atoms with E-state index in [4.69, 9.17) is 0 Å². The van der Waals surface area contributed by atoms with Gasteiger partial charge < -0.3 is 4.90 Å². The lowest BCUT2D eigenvalue weighted by Crippen LogP contribution is -2.33. The summed E-state index contributed by atoms with van der Waals surface area (Å²) in [4.78, 5) is 18.5. The first-order valence-corrected chi connectivity index (χ1v) is 7.75. The maximum atomic E-state index is 12.6. The number of carbonyl (C=O) groups excluding carboxylic acids is 1. The first-order chi connectivity index (χ1) is 10.5. The van der Waals surface area contributed by atoms with Crippen LogP contribution in [0.2, 0.25) is 0 Å². The summed E-state index contributed by atoms with van der Waals surface area (Å²) in [7, 11) is 1.89. The summed E-state index contributed by atoms with van der Waals surface area (Å²) in [6, 6.07) is 5.87. The Morgan fingerprint density at radius 1 is 1.32 bits per heavy atom. The van der Waals surface area contributed by atoms with E-state index in [0.29, 0.717) is 24.7 Å². The van der Waals surface area contributed by atoms with Crippen molar-refractivity contribution < 1.29 is 4.79 Å². The normalized spacial score (nSPS) is 11.0. The van der Waals surface area contributed by atoms with E-state index in [1.165, 1.54) is 5.56 Å². The third kappa shape index (κ3) is 3.72. The van der Waals surface area contributed by atoms with Crippen LogP contribution in [-0.4, -0.2) is 38.7 Å². The fourth-order valence-electron chi connectivity index (χ4n) is 2.51. The van der Waals surface area contributed by atoms with Gasteiger partial charge in [-0.05, 0) is 43.0 Å². The average molecular weight is 300 g/mol. The Hall–Kier alpha value is -2.17. The summed E-state index contributed by atoms with van der Waals surface area (Å²) in [6.07, 6.45) is 4.38. The van der Waals surface area contributed by atoms with Crippen molar-refractivity contribution in [2.24, 2.45) is 7.05 Å². The molecule has 118 valence electrons. The number of nitrogens with zero attached hydrogens (tertiary/aromatic N) is 4. The van der Waals surface area contributed by atoms with E-state index < -0.39 is 0 Å². The molecular weight excluding hydrogens is 276 g/mol. The highest BCUT2D eigenvalue weighted by Crippen LogP contribution is 2.16. The number of carbonyl (C=O) groups is 1. The summed E-state index contributed by atoms with van der Waals surface area (Å²) in [6.45, 7) is 7.57. The van der Waals surface area contributed by atoms with E-state index >= 15 is 0 Å². The summed E-state index contributed by atoms with van der Waals surface area (Å²) in [5.41, 5.74) is 2.79. The summed E-state index contributed by atoms with van der Waals surface area (Å²) >= 11 is 0. The minimum atomic E-state index is -0.000874. The molecule has 0 bridgehead atoms. The van der Waals surface area contributed by atoms with Crippen molar-refractivity contribution >= 4 is 5.91 Å². The summed E-state index contributed by atoms with van der Waals surface area (Å²) < 4.78 is 1.80. The molecule has 0 aliphatic rings. The Bertz CT molecular complexity index is 619. The molecule has 0 aliphatic heterocycles. The number of amides is 1. The summed E-state index contributed by atoms with van der Waals surface area (Å²) in [5, 5.41) is 4.37. The van der Waals surface area contributed by atoms with E-state index in [0.717, 1.165) is 12.1 Å². The van der Waals surface area contributed by atoms with Crippen molar-refractivity contribution in [2.45, 2.75) is 33.1 Å². The number of rotatable bonds is 6. The molecule has 2 heterocycles. The molecule has 0 atom stereocenters. The molecule has 5 nitrogen and oxygen atoms in total. The van der Waals surface area contributed by atoms with Crippen LogP contribution in [0.5, 0.6) is 0 Å². The molecule has 0 aliphatic carbocycles. The molecule has 1 amide bonds. The standard InChI is InChI=1S/C17H24N4O/c1-5-21(11-8-14-6-9-18-10-7-14)17(22)15-12-16(13(2)3)20(4)19-15/h6-7,9-10,12-13H,5,8,11H2,1-4H3. The van der Waals surface area contributed by atoms with Crippen molar-refractivity contribution in [1.82, 2.24) is 19.7 Å². The van der Waals surface area contributed by atoms with Gasteiger partial charge in [0.25, 0.3) is 5.91 Å². The summed E-state index contributed by atoms with van der Waals surface area (Å²) in [5.74, 6) is 0.352. The van der Waals surface area contributed by atoms with Gasteiger partial charge in [-0.25, -0.2) is 0 Å². The molecule has 2 aromatic heterocycles. The lowest BCUT2D eigenvalue weighted by Gasteiger charge is -2.19. The van der Waals surface area contributed by atoms with E-state index in [1.54, 1.807) is 17.1 Å². The molecule has 0 aromatic carbocycles. The Kier molecular flexibility index (Phi) is 5.31. The quantitative estimate of drug-likeness (QED) is 0.824. The second-order valence-corrected chi connectivity index (χ2v) is 5.72. The number of hydrogen-bond donors (Lipinski definition) is 0. The largest absolute Gasteiger partial charge is 0.337 e. The second kappa shape index (κ2) is 7.20. The molecule has 5 heteroatoms. The van der Waals surface area contributed by atoms with Gasteiger partial charge in [0.2, 0.25) is 0 Å². The molecule has 0 saturated carbocycles. The maximum Gasteiger partial charge on any atom is 0.274 e. The first-order valence-electron chi connectivity index (χ1n) is 7.75. The molecule has 22 heavy (non-hydrogen) atoms. The molecule has 0 radical (unpaired) electrons. The molecule has 0 saturated heterocycles. The zero-order valence-corrected chi connectivity index (χ0v) is 13.8. The maximum absolute atomic E-state index is 12.6. The lowest BCUT2D eigenvalue weighted by molar-refractivity contribution is 0.0759. The number of aryl methyl sites for hydroxylation is 1. The molecule has 0 fully saturated rings. The van der Waals surface area contributed by atoms with Crippen molar-refractivity contribution in [2.75, 3.05) is 13.1 Å². The zero-order chi connectivity index (χ0) is 16.1. The number of likely N-dealkylation sites (N-methyl/N-ethyl adjacent to an activating group) is 1. The van der Waals surface area contributed by atoms with Gasteiger partial charge >= 0.3 is 0 Å². The van der Waals surface area contributed by atoms with Crippen molar-refractivity contribution in [3.63, 3.8) is 0 Å². The van der Waals surface area contributed by atoms with Gasteiger partial charge in [0.1, 0.15) is 0 Å². The van der Waals surface area contributed by atoms with Crippen LogP contribution >= 0.6 is 0 Å². The van der Waals surface area contributed by atoms with Crippen LogP contribution in [0, 0.1) is 0 Å². The predicted molar refractivity (Wildman–Crippen MR) is 86.8 cm³/mol. The van der Waals surface area contributed by atoms with E-state index in [-0.39, 0.29) is 5.91 Å². The Morgan fingerprint density at radius 3 is 2.55 bits per heavy atom. The predicted octanol–water partition coefficient (Wildman–Crippen LogP) is 2.64. The van der Waals surface area contributed by atoms with Crippen LogP contribution in [-0.2, 0) is 13.5 Å². The van der Waals surface area contributed by atoms with Gasteiger partial charge in [-0.3, -0.25) is 14.5 Å². The van der Waals surface area contributed by atoms with Gasteiger partial charge in [-0.2, -0.15) is 5.10 Å². The average Bonchev–Trinajstić information content (AvgIpc) is 2.91. The van der Waals surface area contributed by atoms with Crippen LogP contribution in [0.3, 0.4) is 0 Å². The molecule has 0 N–H and O–H groups in total. The van der Waals surface area contributed by atoms with E-state index in [2.05, 4.69) is 23.9 Å². The first kappa shape index (κ1) is 16.2. The fourth-order valence-corrected chi connectivity index (χ4v) is 2.51. The SMILES string of the molecule is CCN(CCc1ccncc1)C(=O)c1cc(C(C)C)n(C)n1. The minimum absolute atomic E-state index is 0.000874. The topological polar surface area (TPSA) is 51.0 Å². The molecule has 2 rings (SSSR count). The van der Waals surface area contributed by atoms with Crippen LogP contribution in [0.1, 0.15) is 48.4 Å². The van der Waals surface area contributed by atoms with Gasteiger partial charge in [0.05, 0.1) is 0 Å². The third-order valence-corrected chi connectivity index (χ3v) is 3.82.